The Hall–Kier alpha value is -2.27. The SMILES string of the molecule is Cc1ccc(NC2SC(=O)N(c3ccccc3)C2=O)cc1. The minimum Gasteiger partial charge on any atom is -0.365 e. The highest BCUT2D eigenvalue weighted by Crippen LogP contribution is 2.32. The third-order valence-corrected chi connectivity index (χ3v) is 4.15. The van der Waals surface area contributed by atoms with Gasteiger partial charge < -0.3 is 5.32 Å². The van der Waals surface area contributed by atoms with Gasteiger partial charge in [-0.15, -0.1) is 0 Å². The monoisotopic (exact) mass is 298 g/mol. The van der Waals surface area contributed by atoms with Crippen LogP contribution in [0.5, 0.6) is 0 Å². The van der Waals surface area contributed by atoms with Crippen LogP contribution in [0.1, 0.15) is 5.56 Å². The van der Waals surface area contributed by atoms with Gasteiger partial charge in [-0.1, -0.05) is 35.9 Å². The number of aryl methyl sites for hydroxylation is 1. The molecule has 0 saturated carbocycles. The Morgan fingerprint density at radius 3 is 2.33 bits per heavy atom. The maximum atomic E-state index is 12.4. The normalized spacial score (nSPS) is 18.1. The number of carbonyl (C=O) groups excluding carboxylic acids is 2. The van der Waals surface area contributed by atoms with E-state index in [4.69, 9.17) is 0 Å². The summed E-state index contributed by atoms with van der Waals surface area (Å²) in [5, 5.41) is 2.26. The van der Waals surface area contributed by atoms with E-state index in [1.807, 2.05) is 37.3 Å². The minimum absolute atomic E-state index is 0.239. The molecule has 0 bridgehead atoms. The Kier molecular flexibility index (Phi) is 3.66. The zero-order valence-electron chi connectivity index (χ0n) is 11.4. The minimum atomic E-state index is -0.583. The van der Waals surface area contributed by atoms with Crippen molar-refractivity contribution >= 4 is 34.3 Å². The van der Waals surface area contributed by atoms with E-state index in [1.54, 1.807) is 24.3 Å². The fourth-order valence-electron chi connectivity index (χ4n) is 2.11. The van der Waals surface area contributed by atoms with Gasteiger partial charge in [0.2, 0.25) is 0 Å². The lowest BCUT2D eigenvalue weighted by atomic mass is 10.2. The Morgan fingerprint density at radius 1 is 1.00 bits per heavy atom. The summed E-state index contributed by atoms with van der Waals surface area (Å²) in [7, 11) is 0. The van der Waals surface area contributed by atoms with Crippen molar-refractivity contribution in [3.8, 4) is 0 Å². The molecule has 1 saturated heterocycles. The third kappa shape index (κ3) is 2.78. The molecule has 21 heavy (non-hydrogen) atoms. The summed E-state index contributed by atoms with van der Waals surface area (Å²) >= 11 is 1.00. The molecule has 1 atom stereocenters. The zero-order valence-corrected chi connectivity index (χ0v) is 12.3. The average Bonchev–Trinajstić information content (AvgIpc) is 2.77. The van der Waals surface area contributed by atoms with Crippen molar-refractivity contribution in [2.24, 2.45) is 0 Å². The predicted octanol–water partition coefficient (Wildman–Crippen LogP) is 3.63. The van der Waals surface area contributed by atoms with Crippen LogP contribution in [-0.2, 0) is 4.79 Å². The number of thioether (sulfide) groups is 1. The second-order valence-corrected chi connectivity index (χ2v) is 5.84. The number of anilines is 2. The second kappa shape index (κ2) is 5.61. The smallest absolute Gasteiger partial charge is 0.295 e. The van der Waals surface area contributed by atoms with E-state index in [9.17, 15) is 9.59 Å². The molecule has 106 valence electrons. The summed E-state index contributed by atoms with van der Waals surface area (Å²) in [6.07, 6.45) is 0. The first-order valence-corrected chi connectivity index (χ1v) is 7.46. The van der Waals surface area contributed by atoms with Gasteiger partial charge >= 0.3 is 0 Å². The second-order valence-electron chi connectivity index (χ2n) is 4.78. The Morgan fingerprint density at radius 2 is 1.67 bits per heavy atom. The average molecular weight is 298 g/mol. The van der Waals surface area contributed by atoms with Crippen molar-refractivity contribution in [2.75, 3.05) is 10.2 Å². The fourth-order valence-corrected chi connectivity index (χ4v) is 3.02. The summed E-state index contributed by atoms with van der Waals surface area (Å²) in [5.41, 5.74) is 2.58. The molecular weight excluding hydrogens is 284 g/mol. The fraction of sp³-hybridized carbons (Fsp3) is 0.125. The number of rotatable bonds is 3. The van der Waals surface area contributed by atoms with Crippen LogP contribution in [0.15, 0.2) is 54.6 Å². The molecule has 2 amide bonds. The highest BCUT2D eigenvalue weighted by molar-refractivity contribution is 8.16. The van der Waals surface area contributed by atoms with Gasteiger partial charge in [0.05, 0.1) is 5.69 Å². The molecule has 1 heterocycles. The van der Waals surface area contributed by atoms with Gasteiger partial charge in [0.25, 0.3) is 11.1 Å². The molecular formula is C16H14N2O2S. The number of benzene rings is 2. The van der Waals surface area contributed by atoms with Gasteiger partial charge in [0.15, 0.2) is 5.37 Å². The number of amides is 2. The van der Waals surface area contributed by atoms with Crippen LogP contribution < -0.4 is 10.2 Å². The molecule has 1 aliphatic heterocycles. The Labute approximate surface area is 127 Å². The number of nitrogens with one attached hydrogen (secondary N) is 1. The number of carbonyl (C=O) groups is 2. The maximum Gasteiger partial charge on any atom is 0.295 e. The summed E-state index contributed by atoms with van der Waals surface area (Å²) in [4.78, 5) is 25.7. The number of hydrogen-bond acceptors (Lipinski definition) is 4. The van der Waals surface area contributed by atoms with Crippen molar-refractivity contribution in [1.29, 1.82) is 0 Å². The van der Waals surface area contributed by atoms with Gasteiger partial charge in [-0.3, -0.25) is 9.59 Å². The quantitative estimate of drug-likeness (QED) is 0.940. The van der Waals surface area contributed by atoms with Gasteiger partial charge in [0, 0.05) is 5.69 Å². The molecule has 1 N–H and O–H groups in total. The molecule has 0 spiro atoms. The molecule has 1 fully saturated rings. The van der Waals surface area contributed by atoms with Gasteiger partial charge in [-0.2, -0.15) is 0 Å². The Balaban J connectivity index is 1.79. The molecule has 2 aromatic rings. The molecule has 1 unspecified atom stereocenters. The van der Waals surface area contributed by atoms with E-state index >= 15 is 0 Å². The largest absolute Gasteiger partial charge is 0.365 e. The van der Waals surface area contributed by atoms with E-state index in [2.05, 4.69) is 5.32 Å². The van der Waals surface area contributed by atoms with Crippen molar-refractivity contribution in [1.82, 2.24) is 0 Å². The molecule has 1 aliphatic rings. The number of para-hydroxylation sites is 1. The van der Waals surface area contributed by atoms with Crippen LogP contribution in [-0.4, -0.2) is 16.5 Å². The third-order valence-electron chi connectivity index (χ3n) is 3.21. The lowest BCUT2D eigenvalue weighted by molar-refractivity contribution is -0.116. The van der Waals surface area contributed by atoms with E-state index in [0.29, 0.717) is 5.69 Å². The van der Waals surface area contributed by atoms with Crippen LogP contribution >= 0.6 is 11.8 Å². The summed E-state index contributed by atoms with van der Waals surface area (Å²) < 4.78 is 0. The summed E-state index contributed by atoms with van der Waals surface area (Å²) in [5.74, 6) is -0.239. The molecule has 5 heteroatoms. The zero-order chi connectivity index (χ0) is 14.8. The van der Waals surface area contributed by atoms with Gasteiger partial charge in [-0.25, -0.2) is 4.90 Å². The number of imide groups is 1. The lowest BCUT2D eigenvalue weighted by Gasteiger charge is -2.14. The maximum absolute atomic E-state index is 12.4. The highest BCUT2D eigenvalue weighted by atomic mass is 32.2. The Bertz CT molecular complexity index is 670. The molecule has 0 aliphatic carbocycles. The first kappa shape index (κ1) is 13.7. The summed E-state index contributed by atoms with van der Waals surface area (Å²) in [6, 6.07) is 16.7. The van der Waals surface area contributed by atoms with Crippen LogP contribution in [0, 0.1) is 6.92 Å². The van der Waals surface area contributed by atoms with Crippen molar-refractivity contribution in [3.05, 3.63) is 60.2 Å². The molecule has 0 aromatic heterocycles. The predicted molar refractivity (Wildman–Crippen MR) is 85.5 cm³/mol. The first-order valence-electron chi connectivity index (χ1n) is 6.58. The van der Waals surface area contributed by atoms with Crippen LogP contribution in [0.2, 0.25) is 0 Å². The van der Waals surface area contributed by atoms with Crippen molar-refractivity contribution in [3.63, 3.8) is 0 Å². The van der Waals surface area contributed by atoms with Crippen LogP contribution in [0.4, 0.5) is 16.2 Å². The van der Waals surface area contributed by atoms with Crippen molar-refractivity contribution < 1.29 is 9.59 Å². The standard InChI is InChI=1S/C16H14N2O2S/c1-11-7-9-12(10-8-11)17-14-15(19)18(16(20)21-14)13-5-3-2-4-6-13/h2-10,14,17H,1H3. The molecule has 3 rings (SSSR count). The van der Waals surface area contributed by atoms with Crippen LogP contribution in [0.3, 0.4) is 0 Å². The highest BCUT2D eigenvalue weighted by Gasteiger charge is 2.40. The molecule has 0 radical (unpaired) electrons. The van der Waals surface area contributed by atoms with E-state index in [-0.39, 0.29) is 11.1 Å². The van der Waals surface area contributed by atoms with E-state index in [0.717, 1.165) is 23.0 Å². The van der Waals surface area contributed by atoms with E-state index in [1.165, 1.54) is 4.90 Å². The topological polar surface area (TPSA) is 49.4 Å². The first-order chi connectivity index (χ1) is 10.1. The van der Waals surface area contributed by atoms with Crippen LogP contribution in [0.25, 0.3) is 0 Å². The number of hydrogen-bond donors (Lipinski definition) is 1. The van der Waals surface area contributed by atoms with E-state index < -0.39 is 5.37 Å². The summed E-state index contributed by atoms with van der Waals surface area (Å²) in [6.45, 7) is 2.00. The van der Waals surface area contributed by atoms with Gasteiger partial charge in [0.1, 0.15) is 0 Å². The molecule has 4 nitrogen and oxygen atoms in total. The van der Waals surface area contributed by atoms with Gasteiger partial charge in [-0.05, 0) is 43.0 Å². The number of nitrogens with zero attached hydrogens (tertiary/aromatic N) is 1. The van der Waals surface area contributed by atoms with Crippen molar-refractivity contribution in [2.45, 2.75) is 12.3 Å². The lowest BCUT2D eigenvalue weighted by Crippen LogP contribution is -2.34. The molecule has 2 aromatic carbocycles.